The first kappa shape index (κ1) is 25.2. The van der Waals surface area contributed by atoms with Crippen LogP contribution in [0.3, 0.4) is 0 Å². The van der Waals surface area contributed by atoms with Crippen LogP contribution in [-0.2, 0) is 4.79 Å². The molecule has 0 heterocycles. The van der Waals surface area contributed by atoms with Gasteiger partial charge in [-0.25, -0.2) is 0 Å². The van der Waals surface area contributed by atoms with Gasteiger partial charge in [0.15, 0.2) is 0 Å². The van der Waals surface area contributed by atoms with E-state index in [0.717, 1.165) is 12.8 Å². The van der Waals surface area contributed by atoms with Crippen molar-refractivity contribution in [3.63, 3.8) is 0 Å². The van der Waals surface area contributed by atoms with Crippen molar-refractivity contribution in [3.05, 3.63) is 69.8 Å². The molecule has 2 fully saturated rings. The maximum Gasteiger partial charge on any atom is 0.134 e. The predicted octanol–water partition coefficient (Wildman–Crippen LogP) is 9.30. The summed E-state index contributed by atoms with van der Waals surface area (Å²) in [6.45, 7) is 8.98. The van der Waals surface area contributed by atoms with E-state index in [-0.39, 0.29) is 0 Å². The van der Waals surface area contributed by atoms with Gasteiger partial charge in [-0.05, 0) is 110 Å². The summed E-state index contributed by atoms with van der Waals surface area (Å²) in [6, 6.07) is 13.5. The number of ketones is 1. The van der Waals surface area contributed by atoms with E-state index in [4.69, 9.17) is 0 Å². The van der Waals surface area contributed by atoms with Gasteiger partial charge < -0.3 is 0 Å². The lowest BCUT2D eigenvalue weighted by molar-refractivity contribution is -0.120. The monoisotopic (exact) mass is 458 g/mol. The summed E-state index contributed by atoms with van der Waals surface area (Å²) in [6.07, 6.45) is 14.6. The number of carbonyl (C=O) groups excluding carboxylic acids is 1. The molecule has 0 saturated heterocycles. The van der Waals surface area contributed by atoms with E-state index in [1.54, 1.807) is 0 Å². The first-order valence-electron chi connectivity index (χ1n) is 14.1. The minimum absolute atomic E-state index is 0.387. The minimum atomic E-state index is 0.387. The van der Waals surface area contributed by atoms with E-state index in [0.29, 0.717) is 29.5 Å². The molecule has 0 N–H and O–H groups in total. The second kappa shape index (κ2) is 11.7. The molecule has 2 aliphatic rings. The first-order valence-corrected chi connectivity index (χ1v) is 14.1. The molecule has 0 amide bonds. The highest BCUT2D eigenvalue weighted by atomic mass is 16.1. The van der Waals surface area contributed by atoms with Crippen molar-refractivity contribution < 1.29 is 4.79 Å². The van der Waals surface area contributed by atoms with Gasteiger partial charge in [0.25, 0.3) is 0 Å². The summed E-state index contributed by atoms with van der Waals surface area (Å²) in [7, 11) is 0. The van der Waals surface area contributed by atoms with Gasteiger partial charge in [0.2, 0.25) is 0 Å². The third-order valence-corrected chi connectivity index (χ3v) is 9.42. The molecule has 4 rings (SSSR count). The second-order valence-electron chi connectivity index (χ2n) is 11.5. The number of rotatable bonds is 8. The fourth-order valence-corrected chi connectivity index (χ4v) is 7.06. The molecule has 0 unspecified atom stereocenters. The van der Waals surface area contributed by atoms with Crippen molar-refractivity contribution in [1.29, 1.82) is 0 Å². The van der Waals surface area contributed by atoms with Gasteiger partial charge in [0.05, 0.1) is 0 Å². The van der Waals surface area contributed by atoms with E-state index in [1.165, 1.54) is 97.6 Å². The van der Waals surface area contributed by atoms with E-state index >= 15 is 0 Å². The summed E-state index contributed by atoms with van der Waals surface area (Å²) >= 11 is 0. The lowest BCUT2D eigenvalue weighted by Gasteiger charge is -2.34. The molecule has 2 saturated carbocycles. The Morgan fingerprint density at radius 3 is 1.41 bits per heavy atom. The number of carbonyl (C=O) groups is 1. The molecule has 0 bridgehead atoms. The molecule has 0 radical (unpaired) electrons. The highest BCUT2D eigenvalue weighted by molar-refractivity contribution is 5.80. The quantitative estimate of drug-likeness (QED) is 0.385. The average Bonchev–Trinajstić information content (AvgIpc) is 2.86. The van der Waals surface area contributed by atoms with E-state index < -0.39 is 0 Å². The number of aryl methyl sites for hydroxylation is 2. The van der Waals surface area contributed by atoms with Gasteiger partial charge in [-0.3, -0.25) is 4.79 Å². The molecule has 184 valence electrons. The maximum atomic E-state index is 13.9. The van der Waals surface area contributed by atoms with Crippen LogP contribution in [0.25, 0.3) is 0 Å². The topological polar surface area (TPSA) is 17.1 Å². The Labute approximate surface area is 208 Å². The predicted molar refractivity (Wildman–Crippen MR) is 145 cm³/mol. The van der Waals surface area contributed by atoms with Gasteiger partial charge in [-0.2, -0.15) is 0 Å². The van der Waals surface area contributed by atoms with E-state index in [9.17, 15) is 4.79 Å². The van der Waals surface area contributed by atoms with Crippen molar-refractivity contribution in [1.82, 2.24) is 0 Å². The fraction of sp³-hybridized carbons (Fsp3) is 0.606. The third-order valence-electron chi connectivity index (χ3n) is 9.42. The molecule has 1 heteroatoms. The molecule has 34 heavy (non-hydrogen) atoms. The summed E-state index contributed by atoms with van der Waals surface area (Å²) in [5.41, 5.74) is 8.43. The molecular weight excluding hydrogens is 412 g/mol. The van der Waals surface area contributed by atoms with Crippen LogP contribution in [0.15, 0.2) is 36.4 Å². The zero-order chi connectivity index (χ0) is 24.1. The van der Waals surface area contributed by atoms with Gasteiger partial charge >= 0.3 is 0 Å². The standard InChI is InChI=1S/C33H46O/c1-23-13-11-19-30(25(23)3)32(27-15-7-5-8-16-27)21-29(34)22-33(28-17-9-6-10-18-28)31-20-12-14-24(2)26(31)4/h11-14,19-20,27-28,32-33H,5-10,15-18,21-22H2,1-4H3/t32-,33+. The van der Waals surface area contributed by atoms with Gasteiger partial charge in [0.1, 0.15) is 5.78 Å². The van der Waals surface area contributed by atoms with Crippen molar-refractivity contribution in [2.24, 2.45) is 11.8 Å². The molecule has 2 aliphatic carbocycles. The number of hydrogen-bond acceptors (Lipinski definition) is 1. The summed E-state index contributed by atoms with van der Waals surface area (Å²) in [5, 5.41) is 0. The molecule has 0 aromatic heterocycles. The number of benzene rings is 2. The summed E-state index contributed by atoms with van der Waals surface area (Å²) in [4.78, 5) is 13.9. The minimum Gasteiger partial charge on any atom is -0.300 e. The van der Waals surface area contributed by atoms with Crippen LogP contribution in [0, 0.1) is 39.5 Å². The van der Waals surface area contributed by atoms with Crippen LogP contribution in [0.4, 0.5) is 0 Å². The molecule has 2 atom stereocenters. The zero-order valence-electron chi connectivity index (χ0n) is 22.2. The van der Waals surface area contributed by atoms with Crippen molar-refractivity contribution in [3.8, 4) is 0 Å². The van der Waals surface area contributed by atoms with Gasteiger partial charge in [-0.1, -0.05) is 74.9 Å². The highest BCUT2D eigenvalue weighted by Crippen LogP contribution is 2.43. The Hall–Kier alpha value is -1.89. The molecule has 2 aromatic carbocycles. The van der Waals surface area contributed by atoms with Crippen LogP contribution in [0.5, 0.6) is 0 Å². The lowest BCUT2D eigenvalue weighted by atomic mass is 9.70. The largest absolute Gasteiger partial charge is 0.300 e. The fourth-order valence-electron chi connectivity index (χ4n) is 7.06. The van der Waals surface area contributed by atoms with E-state index in [2.05, 4.69) is 64.1 Å². The summed E-state index contributed by atoms with van der Waals surface area (Å²) in [5.74, 6) is 2.59. The smallest absolute Gasteiger partial charge is 0.134 e. The second-order valence-corrected chi connectivity index (χ2v) is 11.5. The Bertz CT molecular complexity index is 881. The lowest BCUT2D eigenvalue weighted by Crippen LogP contribution is -2.24. The van der Waals surface area contributed by atoms with Gasteiger partial charge in [-0.15, -0.1) is 0 Å². The molecule has 0 spiro atoms. The van der Waals surface area contributed by atoms with Crippen molar-refractivity contribution in [2.75, 3.05) is 0 Å². The first-order chi connectivity index (χ1) is 16.5. The summed E-state index contributed by atoms with van der Waals surface area (Å²) < 4.78 is 0. The Kier molecular flexibility index (Phi) is 8.67. The zero-order valence-corrected chi connectivity index (χ0v) is 22.2. The number of Topliss-reactive ketones (excluding diaryl/α,β-unsaturated/α-hetero) is 1. The van der Waals surface area contributed by atoms with Crippen LogP contribution < -0.4 is 0 Å². The Balaban J connectivity index is 1.60. The van der Waals surface area contributed by atoms with Crippen LogP contribution in [-0.4, -0.2) is 5.78 Å². The maximum absolute atomic E-state index is 13.9. The average molecular weight is 459 g/mol. The highest BCUT2D eigenvalue weighted by Gasteiger charge is 2.32. The Morgan fingerprint density at radius 1 is 0.647 bits per heavy atom. The normalized spacial score (nSPS) is 19.6. The molecule has 1 nitrogen and oxygen atoms in total. The number of hydrogen-bond donors (Lipinski definition) is 0. The van der Waals surface area contributed by atoms with E-state index in [1.807, 2.05) is 0 Å². The van der Waals surface area contributed by atoms with Crippen molar-refractivity contribution in [2.45, 2.75) is 117 Å². The van der Waals surface area contributed by atoms with Crippen LogP contribution >= 0.6 is 0 Å². The molecule has 0 aliphatic heterocycles. The van der Waals surface area contributed by atoms with Crippen LogP contribution in [0.2, 0.25) is 0 Å². The third kappa shape index (κ3) is 5.84. The Morgan fingerprint density at radius 2 is 1.03 bits per heavy atom. The molecular formula is C33H46O. The SMILES string of the molecule is Cc1cccc([C@@H](CC(=O)C[C@@H](c2cccc(C)c2C)C2CCCCC2)C2CCCCC2)c1C. The van der Waals surface area contributed by atoms with Crippen LogP contribution in [0.1, 0.15) is 122 Å². The van der Waals surface area contributed by atoms with Gasteiger partial charge in [0, 0.05) is 12.8 Å². The van der Waals surface area contributed by atoms with Crippen molar-refractivity contribution >= 4 is 5.78 Å². The molecule has 2 aromatic rings.